The maximum atomic E-state index is 14.0. The zero-order chi connectivity index (χ0) is 23.1. The molecule has 0 heterocycles. The summed E-state index contributed by atoms with van der Waals surface area (Å²) >= 11 is 6.00. The molecule has 0 atom stereocenters. The molecule has 0 saturated carbocycles. The Hall–Kier alpha value is -3.82. The Labute approximate surface area is 190 Å². The first-order valence-electron chi connectivity index (χ1n) is 9.65. The summed E-state index contributed by atoms with van der Waals surface area (Å²) < 4.78 is 25.0. The van der Waals surface area contributed by atoms with Gasteiger partial charge in [-0.15, -0.1) is 0 Å². The average molecular weight is 451 g/mol. The number of hydrogen-bond acceptors (Lipinski definition) is 4. The van der Waals surface area contributed by atoms with Crippen LogP contribution in [-0.2, 0) is 11.4 Å². The van der Waals surface area contributed by atoms with Crippen LogP contribution in [0.4, 0.5) is 10.1 Å². The molecule has 3 aromatic carbocycles. The van der Waals surface area contributed by atoms with Gasteiger partial charge in [-0.2, -0.15) is 5.26 Å². The second kappa shape index (κ2) is 10.5. The van der Waals surface area contributed by atoms with Gasteiger partial charge in [0.25, 0.3) is 5.91 Å². The fourth-order valence-corrected chi connectivity index (χ4v) is 3.05. The van der Waals surface area contributed by atoms with Crippen molar-refractivity contribution in [3.8, 4) is 17.6 Å². The number of ether oxygens (including phenoxy) is 2. The molecule has 0 saturated heterocycles. The smallest absolute Gasteiger partial charge is 0.266 e. The van der Waals surface area contributed by atoms with E-state index in [0.717, 1.165) is 5.56 Å². The topological polar surface area (TPSA) is 71.3 Å². The molecule has 0 unspecified atom stereocenters. The number of carbonyl (C=O) groups excluding carboxylic acids is 1. The third kappa shape index (κ3) is 5.65. The van der Waals surface area contributed by atoms with Crippen molar-refractivity contribution >= 4 is 29.3 Å². The summed E-state index contributed by atoms with van der Waals surface area (Å²) in [7, 11) is 1.51. The molecule has 3 aromatic rings. The highest BCUT2D eigenvalue weighted by Gasteiger charge is 2.14. The Kier molecular flexibility index (Phi) is 7.48. The van der Waals surface area contributed by atoms with Crippen LogP contribution in [0.1, 0.15) is 16.7 Å². The van der Waals surface area contributed by atoms with Gasteiger partial charge in [-0.25, -0.2) is 4.39 Å². The molecule has 0 aliphatic carbocycles. The van der Waals surface area contributed by atoms with Crippen molar-refractivity contribution in [2.45, 2.75) is 13.5 Å². The lowest BCUT2D eigenvalue weighted by Crippen LogP contribution is -2.14. The molecule has 0 aliphatic heterocycles. The second-order valence-electron chi connectivity index (χ2n) is 6.87. The second-order valence-corrected chi connectivity index (χ2v) is 7.30. The van der Waals surface area contributed by atoms with E-state index in [0.29, 0.717) is 33.3 Å². The zero-order valence-electron chi connectivity index (χ0n) is 17.5. The standard InChI is InChI=1S/C25H20ClFN2O3/c1-16-7-9-20(26)12-23(16)29-25(30)19(14-28)11-17-8-10-21(31-2)13-24(17)32-15-18-5-3-4-6-22(18)27/h3-13H,15H2,1-2H3,(H,29,30)/b19-11+. The summed E-state index contributed by atoms with van der Waals surface area (Å²) in [5, 5.41) is 12.7. The van der Waals surface area contributed by atoms with E-state index < -0.39 is 5.91 Å². The monoisotopic (exact) mass is 450 g/mol. The minimum Gasteiger partial charge on any atom is -0.497 e. The maximum absolute atomic E-state index is 14.0. The highest BCUT2D eigenvalue weighted by atomic mass is 35.5. The first-order valence-corrected chi connectivity index (χ1v) is 10.0. The third-order valence-corrected chi connectivity index (χ3v) is 4.91. The van der Waals surface area contributed by atoms with E-state index in [1.165, 1.54) is 19.3 Å². The summed E-state index contributed by atoms with van der Waals surface area (Å²) in [5.74, 6) is -0.120. The van der Waals surface area contributed by atoms with E-state index in [4.69, 9.17) is 21.1 Å². The van der Waals surface area contributed by atoms with E-state index in [1.54, 1.807) is 54.6 Å². The Bertz CT molecular complexity index is 1220. The summed E-state index contributed by atoms with van der Waals surface area (Å²) in [6, 6.07) is 18.2. The molecular formula is C25H20ClFN2O3. The SMILES string of the molecule is COc1ccc(/C=C(\C#N)C(=O)Nc2cc(Cl)ccc2C)c(OCc2ccccc2F)c1. The van der Waals surface area contributed by atoms with Crippen LogP contribution in [0.15, 0.2) is 66.2 Å². The minimum atomic E-state index is -0.589. The Morgan fingerprint density at radius 1 is 1.19 bits per heavy atom. The fourth-order valence-electron chi connectivity index (χ4n) is 2.88. The molecule has 0 aliphatic rings. The number of methoxy groups -OCH3 is 1. The zero-order valence-corrected chi connectivity index (χ0v) is 18.2. The van der Waals surface area contributed by atoms with E-state index in [9.17, 15) is 14.4 Å². The summed E-state index contributed by atoms with van der Waals surface area (Å²) in [5.41, 5.74) is 2.02. The van der Waals surface area contributed by atoms with Gasteiger partial charge in [-0.3, -0.25) is 4.79 Å². The van der Waals surface area contributed by atoms with Crippen LogP contribution in [0, 0.1) is 24.1 Å². The summed E-state index contributed by atoms with van der Waals surface area (Å²) in [4.78, 5) is 12.7. The summed E-state index contributed by atoms with van der Waals surface area (Å²) in [6.45, 7) is 1.79. The molecule has 0 aromatic heterocycles. The van der Waals surface area contributed by atoms with E-state index in [2.05, 4.69) is 5.32 Å². The molecule has 7 heteroatoms. The minimum absolute atomic E-state index is 0.0313. The van der Waals surface area contributed by atoms with E-state index >= 15 is 0 Å². The molecule has 3 rings (SSSR count). The average Bonchev–Trinajstić information content (AvgIpc) is 2.79. The quantitative estimate of drug-likeness (QED) is 0.358. The third-order valence-electron chi connectivity index (χ3n) is 4.67. The number of halogens is 2. The predicted octanol–water partition coefficient (Wildman–Crippen LogP) is 5.92. The Morgan fingerprint density at radius 2 is 1.97 bits per heavy atom. The molecule has 0 spiro atoms. The number of carbonyl (C=O) groups is 1. The van der Waals surface area contributed by atoms with Gasteiger partial charge in [0.15, 0.2) is 0 Å². The molecule has 5 nitrogen and oxygen atoms in total. The van der Waals surface area contributed by atoms with Gasteiger partial charge in [-0.1, -0.05) is 35.9 Å². The van der Waals surface area contributed by atoms with Gasteiger partial charge in [0.1, 0.15) is 35.6 Å². The van der Waals surface area contributed by atoms with Crippen molar-refractivity contribution in [2.75, 3.05) is 12.4 Å². The van der Waals surface area contributed by atoms with Crippen molar-refractivity contribution in [3.05, 3.63) is 93.8 Å². The number of amides is 1. The number of hydrogen-bond donors (Lipinski definition) is 1. The number of nitrogens with zero attached hydrogens (tertiary/aromatic N) is 1. The van der Waals surface area contributed by atoms with Crippen LogP contribution in [-0.4, -0.2) is 13.0 Å². The Balaban J connectivity index is 1.89. The maximum Gasteiger partial charge on any atom is 0.266 e. The number of nitrogens with one attached hydrogen (secondary N) is 1. The predicted molar refractivity (Wildman–Crippen MR) is 122 cm³/mol. The van der Waals surface area contributed by atoms with Gasteiger partial charge < -0.3 is 14.8 Å². The molecule has 162 valence electrons. The number of aryl methyl sites for hydroxylation is 1. The molecule has 0 fully saturated rings. The van der Waals surface area contributed by atoms with Crippen molar-refractivity contribution in [2.24, 2.45) is 0 Å². The Morgan fingerprint density at radius 3 is 2.69 bits per heavy atom. The molecule has 1 amide bonds. The van der Waals surface area contributed by atoms with Crippen molar-refractivity contribution in [1.82, 2.24) is 0 Å². The van der Waals surface area contributed by atoms with E-state index in [-0.39, 0.29) is 18.0 Å². The lowest BCUT2D eigenvalue weighted by atomic mass is 10.1. The lowest BCUT2D eigenvalue weighted by Gasteiger charge is -2.12. The first-order chi connectivity index (χ1) is 15.4. The van der Waals surface area contributed by atoms with Crippen LogP contribution in [0.5, 0.6) is 11.5 Å². The molecule has 0 radical (unpaired) electrons. The van der Waals surface area contributed by atoms with Gasteiger partial charge in [0.2, 0.25) is 0 Å². The largest absolute Gasteiger partial charge is 0.497 e. The van der Waals surface area contributed by atoms with Gasteiger partial charge in [-0.05, 0) is 48.9 Å². The molecule has 0 bridgehead atoms. The van der Waals surface area contributed by atoms with Crippen LogP contribution in [0.2, 0.25) is 5.02 Å². The molecular weight excluding hydrogens is 431 g/mol. The summed E-state index contributed by atoms with van der Waals surface area (Å²) in [6.07, 6.45) is 1.41. The first kappa shape index (κ1) is 22.9. The molecule has 32 heavy (non-hydrogen) atoms. The number of nitriles is 1. The number of anilines is 1. The highest BCUT2D eigenvalue weighted by Crippen LogP contribution is 2.28. The van der Waals surface area contributed by atoms with Crippen LogP contribution in [0.3, 0.4) is 0 Å². The van der Waals surface area contributed by atoms with Gasteiger partial charge in [0.05, 0.1) is 7.11 Å². The van der Waals surface area contributed by atoms with E-state index in [1.807, 2.05) is 13.0 Å². The van der Waals surface area contributed by atoms with Crippen LogP contribution in [0.25, 0.3) is 6.08 Å². The number of rotatable bonds is 7. The normalized spacial score (nSPS) is 10.9. The van der Waals surface area contributed by atoms with Crippen molar-refractivity contribution in [3.63, 3.8) is 0 Å². The highest BCUT2D eigenvalue weighted by molar-refractivity contribution is 6.31. The fraction of sp³-hybridized carbons (Fsp3) is 0.120. The van der Waals surface area contributed by atoms with Crippen molar-refractivity contribution in [1.29, 1.82) is 5.26 Å². The van der Waals surface area contributed by atoms with Crippen LogP contribution < -0.4 is 14.8 Å². The van der Waals surface area contributed by atoms with Gasteiger partial charge in [0, 0.05) is 27.9 Å². The van der Waals surface area contributed by atoms with Crippen molar-refractivity contribution < 1.29 is 18.7 Å². The van der Waals surface area contributed by atoms with Crippen LogP contribution >= 0.6 is 11.6 Å². The number of benzene rings is 3. The molecule has 1 N–H and O–H groups in total. The van der Waals surface area contributed by atoms with Gasteiger partial charge >= 0.3 is 0 Å². The lowest BCUT2D eigenvalue weighted by molar-refractivity contribution is -0.112.